The van der Waals surface area contributed by atoms with Gasteiger partial charge in [0.25, 0.3) is 5.69 Å². The van der Waals surface area contributed by atoms with E-state index in [9.17, 15) is 14.9 Å². The number of anilines is 2. The van der Waals surface area contributed by atoms with Crippen molar-refractivity contribution in [2.75, 3.05) is 23.7 Å². The molecular weight excluding hydrogens is 260 g/mol. The third-order valence-electron chi connectivity index (χ3n) is 2.67. The quantitative estimate of drug-likeness (QED) is 0.467. The Bertz CT molecular complexity index is 502. The van der Waals surface area contributed by atoms with Gasteiger partial charge < -0.3 is 16.0 Å². The first-order valence-electron chi connectivity index (χ1n) is 6.42. The number of hydrogen-bond donors (Lipinski definition) is 2. The van der Waals surface area contributed by atoms with Crippen molar-refractivity contribution in [1.29, 1.82) is 0 Å². The number of nitrogens with one attached hydrogen (secondary N) is 1. The van der Waals surface area contributed by atoms with E-state index in [2.05, 4.69) is 5.32 Å². The van der Waals surface area contributed by atoms with Crippen LogP contribution in [0.5, 0.6) is 0 Å². The maximum absolute atomic E-state index is 11.8. The van der Waals surface area contributed by atoms with Crippen LogP contribution < -0.4 is 16.0 Å². The number of nitrogens with two attached hydrogens (primary N) is 1. The van der Waals surface area contributed by atoms with Crippen LogP contribution >= 0.6 is 0 Å². The predicted octanol–water partition coefficient (Wildman–Crippen LogP) is 1.53. The summed E-state index contributed by atoms with van der Waals surface area (Å²) in [7, 11) is 0. The Balaban J connectivity index is 2.94. The molecule has 0 atom stereocenters. The number of carbonyl (C=O) groups is 1. The van der Waals surface area contributed by atoms with Gasteiger partial charge in [-0.2, -0.15) is 0 Å². The van der Waals surface area contributed by atoms with Crippen molar-refractivity contribution < 1.29 is 9.72 Å². The van der Waals surface area contributed by atoms with E-state index in [1.54, 1.807) is 11.0 Å². The van der Waals surface area contributed by atoms with Gasteiger partial charge in [0, 0.05) is 36.1 Å². The standard InChI is InChI=1S/C13H20N4O3/c1-4-16(8-13(18)15-9(2)3)11-5-10(14)6-12(7-11)17(19)20/h5-7,9H,4,8,14H2,1-3H3,(H,15,18). The molecule has 0 radical (unpaired) electrons. The molecule has 0 aromatic heterocycles. The summed E-state index contributed by atoms with van der Waals surface area (Å²) in [6, 6.07) is 4.39. The average Bonchev–Trinajstić information content (AvgIpc) is 2.34. The number of nitrogen functional groups attached to an aromatic ring is 1. The van der Waals surface area contributed by atoms with Crippen molar-refractivity contribution >= 4 is 23.0 Å². The molecular formula is C13H20N4O3. The maximum atomic E-state index is 11.8. The van der Waals surface area contributed by atoms with Crippen LogP contribution in [-0.4, -0.2) is 30.0 Å². The number of nitro benzene ring substituents is 1. The Morgan fingerprint density at radius 1 is 1.45 bits per heavy atom. The first kappa shape index (κ1) is 15.7. The van der Waals surface area contributed by atoms with E-state index in [0.717, 1.165) is 0 Å². The van der Waals surface area contributed by atoms with Gasteiger partial charge in [-0.05, 0) is 26.8 Å². The molecule has 0 aliphatic rings. The molecule has 0 unspecified atom stereocenters. The van der Waals surface area contributed by atoms with Crippen molar-refractivity contribution in [2.24, 2.45) is 0 Å². The Morgan fingerprint density at radius 3 is 2.60 bits per heavy atom. The molecule has 0 bridgehead atoms. The summed E-state index contributed by atoms with van der Waals surface area (Å²) < 4.78 is 0. The van der Waals surface area contributed by atoms with Crippen LogP contribution in [0.3, 0.4) is 0 Å². The first-order chi connectivity index (χ1) is 9.33. The average molecular weight is 280 g/mol. The normalized spacial score (nSPS) is 10.4. The van der Waals surface area contributed by atoms with Gasteiger partial charge in [0.2, 0.25) is 5.91 Å². The molecule has 1 amide bonds. The summed E-state index contributed by atoms with van der Waals surface area (Å²) in [5.74, 6) is -0.132. The monoisotopic (exact) mass is 280 g/mol. The van der Waals surface area contributed by atoms with Crippen LogP contribution in [0.25, 0.3) is 0 Å². The zero-order chi connectivity index (χ0) is 15.3. The molecule has 0 saturated carbocycles. The fourth-order valence-corrected chi connectivity index (χ4v) is 1.83. The van der Waals surface area contributed by atoms with E-state index >= 15 is 0 Å². The molecule has 0 heterocycles. The fourth-order valence-electron chi connectivity index (χ4n) is 1.83. The van der Waals surface area contributed by atoms with Crippen molar-refractivity contribution in [3.8, 4) is 0 Å². The van der Waals surface area contributed by atoms with Crippen LogP contribution in [0.2, 0.25) is 0 Å². The second kappa shape index (κ2) is 6.74. The molecule has 0 fully saturated rings. The Kier molecular flexibility index (Phi) is 5.31. The maximum Gasteiger partial charge on any atom is 0.273 e. The van der Waals surface area contributed by atoms with E-state index in [0.29, 0.717) is 17.9 Å². The summed E-state index contributed by atoms with van der Waals surface area (Å²) in [5, 5.41) is 13.6. The summed E-state index contributed by atoms with van der Waals surface area (Å²) in [4.78, 5) is 23.9. The molecule has 0 saturated heterocycles. The molecule has 3 N–H and O–H groups in total. The number of likely N-dealkylation sites (N-methyl/N-ethyl adjacent to an activating group) is 1. The van der Waals surface area contributed by atoms with E-state index in [-0.39, 0.29) is 24.2 Å². The van der Waals surface area contributed by atoms with E-state index < -0.39 is 4.92 Å². The number of non-ortho nitro benzene ring substituents is 1. The summed E-state index contributed by atoms with van der Waals surface area (Å²) in [6.45, 7) is 6.30. The van der Waals surface area contributed by atoms with Crippen LogP contribution in [-0.2, 0) is 4.79 Å². The van der Waals surface area contributed by atoms with Crippen LogP contribution in [0.15, 0.2) is 18.2 Å². The van der Waals surface area contributed by atoms with Gasteiger partial charge in [0.05, 0.1) is 11.5 Å². The van der Waals surface area contributed by atoms with Gasteiger partial charge in [0.15, 0.2) is 0 Å². The lowest BCUT2D eigenvalue weighted by atomic mass is 10.2. The van der Waals surface area contributed by atoms with Gasteiger partial charge >= 0.3 is 0 Å². The molecule has 7 nitrogen and oxygen atoms in total. The third kappa shape index (κ3) is 4.42. The van der Waals surface area contributed by atoms with Crippen molar-refractivity contribution in [2.45, 2.75) is 26.8 Å². The van der Waals surface area contributed by atoms with Crippen molar-refractivity contribution in [1.82, 2.24) is 5.32 Å². The number of rotatable bonds is 6. The molecule has 1 aromatic carbocycles. The number of carbonyl (C=O) groups excluding carboxylic acids is 1. The third-order valence-corrected chi connectivity index (χ3v) is 2.67. The number of hydrogen-bond acceptors (Lipinski definition) is 5. The fraction of sp³-hybridized carbons (Fsp3) is 0.462. The van der Waals surface area contributed by atoms with E-state index in [1.807, 2.05) is 20.8 Å². The summed E-state index contributed by atoms with van der Waals surface area (Å²) >= 11 is 0. The second-order valence-electron chi connectivity index (χ2n) is 4.78. The SMILES string of the molecule is CCN(CC(=O)NC(C)C)c1cc(N)cc([N+](=O)[O-])c1. The lowest BCUT2D eigenvalue weighted by Crippen LogP contribution is -2.40. The largest absolute Gasteiger partial charge is 0.398 e. The highest BCUT2D eigenvalue weighted by Gasteiger charge is 2.15. The Hall–Kier alpha value is -2.31. The number of amides is 1. The zero-order valence-electron chi connectivity index (χ0n) is 11.9. The highest BCUT2D eigenvalue weighted by molar-refractivity contribution is 5.82. The minimum atomic E-state index is -0.498. The van der Waals surface area contributed by atoms with Gasteiger partial charge in [0.1, 0.15) is 0 Å². The van der Waals surface area contributed by atoms with Gasteiger partial charge in [-0.1, -0.05) is 0 Å². The lowest BCUT2D eigenvalue weighted by molar-refractivity contribution is -0.384. The zero-order valence-corrected chi connectivity index (χ0v) is 11.9. The highest BCUT2D eigenvalue weighted by atomic mass is 16.6. The molecule has 1 rings (SSSR count). The van der Waals surface area contributed by atoms with Crippen LogP contribution in [0, 0.1) is 10.1 Å². The summed E-state index contributed by atoms with van der Waals surface area (Å²) in [5.41, 5.74) is 6.46. The van der Waals surface area contributed by atoms with Crippen LogP contribution in [0.4, 0.5) is 17.1 Å². The van der Waals surface area contributed by atoms with Crippen LogP contribution in [0.1, 0.15) is 20.8 Å². The van der Waals surface area contributed by atoms with Gasteiger partial charge in [-0.25, -0.2) is 0 Å². The van der Waals surface area contributed by atoms with E-state index in [1.165, 1.54) is 12.1 Å². The molecule has 7 heteroatoms. The molecule has 110 valence electrons. The number of benzene rings is 1. The molecule has 20 heavy (non-hydrogen) atoms. The number of nitro groups is 1. The topological polar surface area (TPSA) is 102 Å². The Labute approximate surface area is 117 Å². The predicted molar refractivity (Wildman–Crippen MR) is 78.7 cm³/mol. The first-order valence-corrected chi connectivity index (χ1v) is 6.42. The van der Waals surface area contributed by atoms with Gasteiger partial charge in [-0.3, -0.25) is 14.9 Å². The number of nitrogens with zero attached hydrogens (tertiary/aromatic N) is 2. The van der Waals surface area contributed by atoms with Gasteiger partial charge in [-0.15, -0.1) is 0 Å². The highest BCUT2D eigenvalue weighted by Crippen LogP contribution is 2.25. The van der Waals surface area contributed by atoms with Crippen molar-refractivity contribution in [3.05, 3.63) is 28.3 Å². The molecule has 0 aliphatic carbocycles. The van der Waals surface area contributed by atoms with Crippen molar-refractivity contribution in [3.63, 3.8) is 0 Å². The summed E-state index contributed by atoms with van der Waals surface area (Å²) in [6.07, 6.45) is 0. The second-order valence-corrected chi connectivity index (χ2v) is 4.78. The molecule has 0 spiro atoms. The minimum Gasteiger partial charge on any atom is -0.398 e. The molecule has 1 aromatic rings. The molecule has 0 aliphatic heterocycles. The van der Waals surface area contributed by atoms with E-state index in [4.69, 9.17) is 5.73 Å². The lowest BCUT2D eigenvalue weighted by Gasteiger charge is -2.23. The minimum absolute atomic E-state index is 0.0522. The smallest absolute Gasteiger partial charge is 0.273 e. The Morgan fingerprint density at radius 2 is 2.10 bits per heavy atom.